The molecular weight excluding hydrogens is 214 g/mol. The summed E-state index contributed by atoms with van der Waals surface area (Å²) in [5, 5.41) is 11.6. The first-order valence-corrected chi connectivity index (χ1v) is 5.66. The maximum absolute atomic E-state index is 11.5. The lowest BCUT2D eigenvalue weighted by molar-refractivity contribution is -0.122. The molecular formula is C13H17N3O. The highest BCUT2D eigenvalue weighted by atomic mass is 16.2. The number of carbonyl (C=O) groups excluding carboxylic acids is 1. The summed E-state index contributed by atoms with van der Waals surface area (Å²) in [6.45, 7) is 1.84. The van der Waals surface area contributed by atoms with Crippen LogP contribution >= 0.6 is 0 Å². The van der Waals surface area contributed by atoms with Gasteiger partial charge >= 0.3 is 0 Å². The molecule has 0 spiro atoms. The van der Waals surface area contributed by atoms with E-state index in [0.717, 1.165) is 5.56 Å². The van der Waals surface area contributed by atoms with Gasteiger partial charge in [0.15, 0.2) is 0 Å². The number of hydrogen-bond donors (Lipinski definition) is 2. The molecule has 0 saturated carbocycles. The number of nitrogens with one attached hydrogen (secondary N) is 1. The van der Waals surface area contributed by atoms with Crippen LogP contribution in [0.2, 0.25) is 0 Å². The molecule has 0 fully saturated rings. The summed E-state index contributed by atoms with van der Waals surface area (Å²) in [6, 6.07) is 10.6. The number of rotatable bonds is 5. The van der Waals surface area contributed by atoms with Gasteiger partial charge in [0.05, 0.1) is 12.1 Å². The number of nitriles is 1. The first-order chi connectivity index (χ1) is 8.17. The van der Waals surface area contributed by atoms with Gasteiger partial charge in [-0.15, -0.1) is 0 Å². The monoisotopic (exact) mass is 231 g/mol. The Morgan fingerprint density at radius 1 is 1.47 bits per heavy atom. The first kappa shape index (κ1) is 13.2. The minimum atomic E-state index is -0.540. The van der Waals surface area contributed by atoms with E-state index in [9.17, 15) is 4.79 Å². The van der Waals surface area contributed by atoms with E-state index in [1.807, 2.05) is 37.3 Å². The molecule has 0 aliphatic carbocycles. The normalized spacial score (nSPS) is 13.5. The van der Waals surface area contributed by atoms with Crippen LogP contribution in [0, 0.1) is 11.3 Å². The zero-order chi connectivity index (χ0) is 12.7. The minimum Gasteiger partial charge on any atom is -0.339 e. The van der Waals surface area contributed by atoms with Crippen LogP contribution in [0.25, 0.3) is 0 Å². The molecule has 0 radical (unpaired) electrons. The van der Waals surface area contributed by atoms with Crippen LogP contribution in [0.15, 0.2) is 30.3 Å². The largest absolute Gasteiger partial charge is 0.339 e. The quantitative estimate of drug-likeness (QED) is 0.792. The molecule has 0 bridgehead atoms. The standard InChI is InChI=1S/C13H17N3O/c1-2-12(15)13(17)16-11(9-14)8-10-6-4-3-5-7-10/h3-7,11-12H,2,8,15H2,1H3,(H,16,17)/t11-,12-/m0/s1. The van der Waals surface area contributed by atoms with E-state index >= 15 is 0 Å². The van der Waals surface area contributed by atoms with Gasteiger partial charge in [-0.2, -0.15) is 5.26 Å². The topological polar surface area (TPSA) is 78.9 Å². The average molecular weight is 231 g/mol. The summed E-state index contributed by atoms with van der Waals surface area (Å²) in [6.07, 6.45) is 1.06. The van der Waals surface area contributed by atoms with E-state index in [1.54, 1.807) is 0 Å². The van der Waals surface area contributed by atoms with Gasteiger partial charge in [-0.05, 0) is 12.0 Å². The van der Waals surface area contributed by atoms with Crippen molar-refractivity contribution in [3.63, 3.8) is 0 Å². The molecule has 1 aromatic rings. The summed E-state index contributed by atoms with van der Waals surface area (Å²) in [4.78, 5) is 11.5. The molecule has 4 heteroatoms. The predicted octanol–water partition coefficient (Wildman–Crippen LogP) is 0.975. The van der Waals surface area contributed by atoms with Crippen LogP contribution < -0.4 is 11.1 Å². The number of carbonyl (C=O) groups is 1. The Morgan fingerprint density at radius 3 is 2.65 bits per heavy atom. The van der Waals surface area contributed by atoms with Crippen molar-refractivity contribution in [1.82, 2.24) is 5.32 Å². The predicted molar refractivity (Wildman–Crippen MR) is 66.0 cm³/mol. The number of amides is 1. The van der Waals surface area contributed by atoms with Crippen LogP contribution in [0.1, 0.15) is 18.9 Å². The number of nitrogens with two attached hydrogens (primary N) is 1. The van der Waals surface area contributed by atoms with Crippen molar-refractivity contribution >= 4 is 5.91 Å². The van der Waals surface area contributed by atoms with Crippen molar-refractivity contribution in [3.05, 3.63) is 35.9 Å². The van der Waals surface area contributed by atoms with Crippen molar-refractivity contribution < 1.29 is 4.79 Å². The summed E-state index contributed by atoms with van der Waals surface area (Å²) >= 11 is 0. The maximum Gasteiger partial charge on any atom is 0.237 e. The fourth-order valence-corrected chi connectivity index (χ4v) is 1.44. The molecule has 4 nitrogen and oxygen atoms in total. The highest BCUT2D eigenvalue weighted by molar-refractivity contribution is 5.81. The van der Waals surface area contributed by atoms with Crippen LogP contribution in [0.4, 0.5) is 0 Å². The van der Waals surface area contributed by atoms with E-state index < -0.39 is 12.1 Å². The van der Waals surface area contributed by atoms with E-state index in [4.69, 9.17) is 11.0 Å². The average Bonchev–Trinajstić information content (AvgIpc) is 2.38. The second-order valence-corrected chi connectivity index (χ2v) is 3.89. The minimum absolute atomic E-state index is 0.269. The van der Waals surface area contributed by atoms with Crippen LogP contribution in [-0.4, -0.2) is 18.0 Å². The van der Waals surface area contributed by atoms with Crippen molar-refractivity contribution in [3.8, 4) is 6.07 Å². The Labute approximate surface area is 101 Å². The summed E-state index contributed by atoms with van der Waals surface area (Å²) in [5.74, 6) is -0.269. The molecule has 0 unspecified atom stereocenters. The number of nitrogens with zero attached hydrogens (tertiary/aromatic N) is 1. The molecule has 0 aliphatic heterocycles. The third-order valence-electron chi connectivity index (χ3n) is 2.53. The van der Waals surface area contributed by atoms with Gasteiger partial charge in [0.2, 0.25) is 5.91 Å². The first-order valence-electron chi connectivity index (χ1n) is 5.66. The van der Waals surface area contributed by atoms with Gasteiger partial charge in [0.25, 0.3) is 0 Å². The van der Waals surface area contributed by atoms with Crippen LogP contribution in [0.3, 0.4) is 0 Å². The van der Waals surface area contributed by atoms with Crippen LogP contribution in [0.5, 0.6) is 0 Å². The molecule has 0 saturated heterocycles. The van der Waals surface area contributed by atoms with Crippen molar-refractivity contribution in [2.75, 3.05) is 0 Å². The molecule has 3 N–H and O–H groups in total. The van der Waals surface area contributed by atoms with Gasteiger partial charge < -0.3 is 11.1 Å². The molecule has 0 aromatic heterocycles. The summed E-state index contributed by atoms with van der Waals surface area (Å²) in [5.41, 5.74) is 6.61. The zero-order valence-electron chi connectivity index (χ0n) is 9.89. The molecule has 2 atom stereocenters. The fraction of sp³-hybridized carbons (Fsp3) is 0.385. The Kier molecular flexibility index (Phi) is 5.18. The van der Waals surface area contributed by atoms with Gasteiger partial charge in [0, 0.05) is 6.42 Å². The molecule has 1 rings (SSSR count). The lowest BCUT2D eigenvalue weighted by atomic mass is 10.1. The Balaban J connectivity index is 2.56. The summed E-state index contributed by atoms with van der Waals surface area (Å²) < 4.78 is 0. The van der Waals surface area contributed by atoms with Crippen molar-refractivity contribution in [2.24, 2.45) is 5.73 Å². The third-order valence-corrected chi connectivity index (χ3v) is 2.53. The molecule has 0 heterocycles. The van der Waals surface area contributed by atoms with E-state index in [1.165, 1.54) is 0 Å². The second-order valence-electron chi connectivity index (χ2n) is 3.89. The Morgan fingerprint density at radius 2 is 2.12 bits per heavy atom. The van der Waals surface area contributed by atoms with Crippen molar-refractivity contribution in [1.29, 1.82) is 5.26 Å². The van der Waals surface area contributed by atoms with E-state index in [-0.39, 0.29) is 5.91 Å². The number of benzene rings is 1. The van der Waals surface area contributed by atoms with E-state index in [2.05, 4.69) is 11.4 Å². The molecule has 1 amide bonds. The Hall–Kier alpha value is -1.86. The van der Waals surface area contributed by atoms with Gasteiger partial charge in [-0.3, -0.25) is 4.79 Å². The van der Waals surface area contributed by atoms with Crippen LogP contribution in [-0.2, 0) is 11.2 Å². The Bertz CT molecular complexity index is 397. The number of hydrogen-bond acceptors (Lipinski definition) is 3. The molecule has 0 aliphatic rings. The molecule has 90 valence electrons. The highest BCUT2D eigenvalue weighted by Crippen LogP contribution is 2.03. The smallest absolute Gasteiger partial charge is 0.237 e. The maximum atomic E-state index is 11.5. The SMILES string of the molecule is CC[C@H](N)C(=O)N[C@H](C#N)Cc1ccccc1. The lowest BCUT2D eigenvalue weighted by Crippen LogP contribution is -2.45. The zero-order valence-corrected chi connectivity index (χ0v) is 9.89. The fourth-order valence-electron chi connectivity index (χ4n) is 1.44. The highest BCUT2D eigenvalue weighted by Gasteiger charge is 2.16. The van der Waals surface area contributed by atoms with Gasteiger partial charge in [-0.25, -0.2) is 0 Å². The lowest BCUT2D eigenvalue weighted by Gasteiger charge is -2.14. The summed E-state index contributed by atoms with van der Waals surface area (Å²) in [7, 11) is 0. The molecule has 17 heavy (non-hydrogen) atoms. The molecule has 1 aromatic carbocycles. The van der Waals surface area contributed by atoms with E-state index in [0.29, 0.717) is 12.8 Å². The third kappa shape index (κ3) is 4.25. The van der Waals surface area contributed by atoms with Gasteiger partial charge in [-0.1, -0.05) is 37.3 Å². The van der Waals surface area contributed by atoms with Crippen molar-refractivity contribution in [2.45, 2.75) is 31.8 Å². The second kappa shape index (κ2) is 6.66. The van der Waals surface area contributed by atoms with Gasteiger partial charge in [0.1, 0.15) is 6.04 Å².